The number of nitrogens with zero attached hydrogens (tertiary/aromatic N) is 4. The van der Waals surface area contributed by atoms with Gasteiger partial charge in [0.05, 0.1) is 11.4 Å². The van der Waals surface area contributed by atoms with Crippen LogP contribution in [0.15, 0.2) is 41.3 Å². The van der Waals surface area contributed by atoms with E-state index in [0.29, 0.717) is 30.4 Å². The van der Waals surface area contributed by atoms with Crippen LogP contribution < -0.4 is 15.0 Å². The molecule has 3 rings (SSSR count). The smallest absolute Gasteiger partial charge is 0.243 e. The fourth-order valence-electron chi connectivity index (χ4n) is 2.86. The fraction of sp³-hybridized carbons (Fsp3) is 0.389. The van der Waals surface area contributed by atoms with Gasteiger partial charge < -0.3 is 15.0 Å². The maximum absolute atomic E-state index is 12.8. The Balaban J connectivity index is 1.64. The second kappa shape index (κ2) is 8.11. The number of carbonyl (C=O) groups is 1. The highest BCUT2D eigenvalue weighted by molar-refractivity contribution is 7.89. The lowest BCUT2D eigenvalue weighted by atomic mass is 10.3. The number of nitrogens with one attached hydrogen (secondary N) is 1. The fourth-order valence-corrected chi connectivity index (χ4v) is 4.35. The van der Waals surface area contributed by atoms with Crippen LogP contribution in [0.3, 0.4) is 0 Å². The van der Waals surface area contributed by atoms with Crippen molar-refractivity contribution in [2.75, 3.05) is 37.4 Å². The van der Waals surface area contributed by atoms with E-state index >= 15 is 0 Å². The molecule has 1 aliphatic heterocycles. The molecular weight excluding hydrogens is 382 g/mol. The highest BCUT2D eigenvalue weighted by Gasteiger charge is 2.33. The molecule has 2 heterocycles. The third kappa shape index (κ3) is 4.57. The second-order valence-corrected chi connectivity index (χ2v) is 8.66. The Morgan fingerprint density at radius 2 is 1.89 bits per heavy atom. The number of aromatic nitrogens is 2. The molecule has 2 aromatic rings. The number of hydrogen-bond acceptors (Lipinski definition) is 7. The van der Waals surface area contributed by atoms with Crippen molar-refractivity contribution in [1.29, 1.82) is 0 Å². The third-order valence-electron chi connectivity index (χ3n) is 4.29. The summed E-state index contributed by atoms with van der Waals surface area (Å²) in [6.07, 6.45) is 0.285. The van der Waals surface area contributed by atoms with Crippen LogP contribution in [0.5, 0.6) is 5.88 Å². The number of rotatable bonds is 6. The minimum absolute atomic E-state index is 0.178. The first kappa shape index (κ1) is 20.0. The molecule has 0 spiro atoms. The Hall–Kier alpha value is -2.72. The molecular formula is C18H23N5O4S. The summed E-state index contributed by atoms with van der Waals surface area (Å²) in [7, 11) is 0.107. The van der Waals surface area contributed by atoms with Crippen molar-refractivity contribution in [1.82, 2.24) is 14.5 Å². The maximum atomic E-state index is 12.8. The van der Waals surface area contributed by atoms with Crippen molar-refractivity contribution in [2.45, 2.75) is 24.3 Å². The van der Waals surface area contributed by atoms with E-state index in [-0.39, 0.29) is 23.5 Å². The van der Waals surface area contributed by atoms with Crippen LogP contribution in [-0.2, 0) is 14.8 Å². The molecule has 1 fully saturated rings. The monoisotopic (exact) mass is 405 g/mol. The summed E-state index contributed by atoms with van der Waals surface area (Å²) in [5, 5.41) is 10.7. The number of amides is 1. The Kier molecular flexibility index (Phi) is 5.80. The molecule has 150 valence electrons. The predicted octanol–water partition coefficient (Wildman–Crippen LogP) is 1.34. The third-order valence-corrected chi connectivity index (χ3v) is 6.17. The van der Waals surface area contributed by atoms with Crippen molar-refractivity contribution in [3.8, 4) is 5.88 Å². The molecule has 9 nitrogen and oxygen atoms in total. The molecule has 0 bridgehead atoms. The molecule has 1 amide bonds. The Morgan fingerprint density at radius 1 is 1.18 bits per heavy atom. The van der Waals surface area contributed by atoms with Crippen LogP contribution in [0.2, 0.25) is 0 Å². The maximum Gasteiger partial charge on any atom is 0.243 e. The average molecular weight is 405 g/mol. The minimum Gasteiger partial charge on any atom is -0.472 e. The lowest BCUT2D eigenvalue weighted by Gasteiger charge is -2.17. The topological polar surface area (TPSA) is 105 Å². The summed E-state index contributed by atoms with van der Waals surface area (Å²) < 4.78 is 32.9. The van der Waals surface area contributed by atoms with Crippen LogP contribution in [0, 0.1) is 0 Å². The number of ether oxygens (including phenoxy) is 1. The molecule has 0 aliphatic carbocycles. The molecule has 1 aliphatic rings. The largest absolute Gasteiger partial charge is 0.472 e. The van der Waals surface area contributed by atoms with Crippen LogP contribution in [0.25, 0.3) is 0 Å². The van der Waals surface area contributed by atoms with Crippen molar-refractivity contribution >= 4 is 27.4 Å². The molecule has 1 atom stereocenters. The van der Waals surface area contributed by atoms with Crippen LogP contribution in [-0.4, -0.2) is 62.1 Å². The van der Waals surface area contributed by atoms with Crippen LogP contribution in [0.4, 0.5) is 11.5 Å². The zero-order valence-corrected chi connectivity index (χ0v) is 16.8. The molecule has 10 heteroatoms. The average Bonchev–Trinajstić information content (AvgIpc) is 3.11. The summed E-state index contributed by atoms with van der Waals surface area (Å²) in [6, 6.07) is 9.63. The van der Waals surface area contributed by atoms with Crippen molar-refractivity contribution < 1.29 is 17.9 Å². The van der Waals surface area contributed by atoms with Gasteiger partial charge in [0.1, 0.15) is 6.10 Å². The first-order chi connectivity index (χ1) is 13.3. The molecule has 1 N–H and O–H groups in total. The first-order valence-corrected chi connectivity index (χ1v) is 10.3. The molecule has 1 saturated heterocycles. The Bertz CT molecular complexity index is 929. The van der Waals surface area contributed by atoms with E-state index in [4.69, 9.17) is 4.74 Å². The van der Waals surface area contributed by atoms with Gasteiger partial charge in [0.2, 0.25) is 21.8 Å². The Morgan fingerprint density at radius 3 is 2.46 bits per heavy atom. The normalized spacial score (nSPS) is 17.3. The van der Waals surface area contributed by atoms with Gasteiger partial charge in [-0.25, -0.2) is 8.42 Å². The van der Waals surface area contributed by atoms with E-state index in [1.807, 2.05) is 19.0 Å². The number of carbonyl (C=O) groups excluding carboxylic acids is 1. The van der Waals surface area contributed by atoms with Gasteiger partial charge >= 0.3 is 0 Å². The van der Waals surface area contributed by atoms with E-state index in [1.54, 1.807) is 24.3 Å². The number of anilines is 2. The van der Waals surface area contributed by atoms with Crippen molar-refractivity contribution in [3.63, 3.8) is 0 Å². The van der Waals surface area contributed by atoms with Gasteiger partial charge in [0.15, 0.2) is 5.82 Å². The Labute approximate surface area is 164 Å². The molecule has 1 aromatic carbocycles. The summed E-state index contributed by atoms with van der Waals surface area (Å²) in [5.41, 5.74) is 0.550. The molecule has 0 saturated carbocycles. The summed E-state index contributed by atoms with van der Waals surface area (Å²) >= 11 is 0. The number of hydrogen-bond donors (Lipinski definition) is 1. The van der Waals surface area contributed by atoms with E-state index < -0.39 is 10.0 Å². The predicted molar refractivity (Wildman–Crippen MR) is 105 cm³/mol. The quantitative estimate of drug-likeness (QED) is 0.773. The lowest BCUT2D eigenvalue weighted by molar-refractivity contribution is -0.114. The standard InChI is InChI=1S/C18H23N5O4S/c1-13(24)19-14-4-6-16(7-5-14)28(25,26)23-11-10-15(12-23)27-18-9-8-17(20-21-18)22(2)3/h4-9,15H,10-12H2,1-3H3,(H,19,24). The molecule has 28 heavy (non-hydrogen) atoms. The molecule has 1 aromatic heterocycles. The van der Waals surface area contributed by atoms with Gasteiger partial charge in [-0.3, -0.25) is 4.79 Å². The first-order valence-electron chi connectivity index (χ1n) is 8.81. The van der Waals surface area contributed by atoms with Gasteiger partial charge in [-0.2, -0.15) is 4.31 Å². The van der Waals surface area contributed by atoms with E-state index in [9.17, 15) is 13.2 Å². The van der Waals surface area contributed by atoms with E-state index in [0.717, 1.165) is 0 Å². The van der Waals surface area contributed by atoms with Crippen molar-refractivity contribution in [3.05, 3.63) is 36.4 Å². The zero-order chi connectivity index (χ0) is 20.3. The van der Waals surface area contributed by atoms with Gasteiger partial charge in [-0.05, 0) is 36.8 Å². The van der Waals surface area contributed by atoms with E-state index in [1.165, 1.54) is 23.4 Å². The highest BCUT2D eigenvalue weighted by Crippen LogP contribution is 2.24. The lowest BCUT2D eigenvalue weighted by Crippen LogP contribution is -2.31. The SMILES string of the molecule is CC(=O)Nc1ccc(S(=O)(=O)N2CCC(Oc3ccc(N(C)C)nn3)C2)cc1. The zero-order valence-electron chi connectivity index (χ0n) is 16.0. The number of sulfonamides is 1. The summed E-state index contributed by atoms with van der Waals surface area (Å²) in [6.45, 7) is 2.00. The van der Waals surface area contributed by atoms with Gasteiger partial charge in [-0.1, -0.05) is 0 Å². The van der Waals surface area contributed by atoms with Crippen LogP contribution >= 0.6 is 0 Å². The summed E-state index contributed by atoms with van der Waals surface area (Å²) in [5.74, 6) is 0.872. The van der Waals surface area contributed by atoms with E-state index in [2.05, 4.69) is 15.5 Å². The summed E-state index contributed by atoms with van der Waals surface area (Å²) in [4.78, 5) is 13.1. The van der Waals surface area contributed by atoms with Gasteiger partial charge in [0, 0.05) is 39.3 Å². The molecule has 1 unspecified atom stereocenters. The minimum atomic E-state index is -3.63. The molecule has 0 radical (unpaired) electrons. The highest BCUT2D eigenvalue weighted by atomic mass is 32.2. The second-order valence-electron chi connectivity index (χ2n) is 6.72. The number of benzene rings is 1. The van der Waals surface area contributed by atoms with Crippen LogP contribution in [0.1, 0.15) is 13.3 Å². The van der Waals surface area contributed by atoms with Gasteiger partial charge in [-0.15, -0.1) is 10.2 Å². The van der Waals surface area contributed by atoms with Crippen molar-refractivity contribution in [2.24, 2.45) is 0 Å². The van der Waals surface area contributed by atoms with Gasteiger partial charge in [0.25, 0.3) is 0 Å².